The molecule has 1 fully saturated rings. The van der Waals surface area contributed by atoms with E-state index in [0.717, 1.165) is 30.2 Å². The van der Waals surface area contributed by atoms with E-state index in [1.807, 2.05) is 23.6 Å². The molecule has 1 unspecified atom stereocenters. The van der Waals surface area contributed by atoms with Crippen LogP contribution in [0.15, 0.2) is 23.1 Å². The van der Waals surface area contributed by atoms with Gasteiger partial charge in [0, 0.05) is 24.4 Å². The number of thioether (sulfide) groups is 1. The van der Waals surface area contributed by atoms with Crippen molar-refractivity contribution in [2.75, 3.05) is 18.1 Å². The van der Waals surface area contributed by atoms with Crippen molar-refractivity contribution >= 4 is 17.7 Å². The molecule has 0 aromatic carbocycles. The van der Waals surface area contributed by atoms with Crippen LogP contribution in [0, 0.1) is 6.92 Å². The minimum Gasteiger partial charge on any atom is -0.335 e. The van der Waals surface area contributed by atoms with Crippen molar-refractivity contribution in [2.45, 2.75) is 26.3 Å². The van der Waals surface area contributed by atoms with Gasteiger partial charge in [0.1, 0.15) is 0 Å². The molecule has 3 heterocycles. The topological polar surface area (TPSA) is 83.9 Å². The summed E-state index contributed by atoms with van der Waals surface area (Å²) in [6.07, 6.45) is 2.58. The lowest BCUT2D eigenvalue weighted by atomic mass is 10.1. The van der Waals surface area contributed by atoms with Crippen molar-refractivity contribution in [2.24, 2.45) is 0 Å². The van der Waals surface area contributed by atoms with Crippen LogP contribution in [0.3, 0.4) is 0 Å². The fourth-order valence-corrected chi connectivity index (χ4v) is 3.69. The summed E-state index contributed by atoms with van der Waals surface area (Å²) in [6, 6.07) is 3.20. The molecular formula is C15H19N5O2S. The standard InChI is InChI=1S/C15H19N5O2S/c1-10-5-7-23-8-6-19(10)15(22)12-9-16-20(11(12)2)13-3-4-14(21)18-17-13/h3-4,9-10H,5-8H2,1-2H3,(H,18,21). The molecule has 0 aliphatic carbocycles. The van der Waals surface area contributed by atoms with Crippen LogP contribution in [0.4, 0.5) is 0 Å². The average molecular weight is 333 g/mol. The first-order valence-corrected chi connectivity index (χ1v) is 8.73. The van der Waals surface area contributed by atoms with Gasteiger partial charge in [-0.2, -0.15) is 22.0 Å². The molecule has 0 radical (unpaired) electrons. The predicted molar refractivity (Wildman–Crippen MR) is 89.2 cm³/mol. The van der Waals surface area contributed by atoms with E-state index >= 15 is 0 Å². The Kier molecular flexibility index (Phi) is 4.51. The Labute approximate surface area is 138 Å². The Morgan fingerprint density at radius 3 is 2.96 bits per heavy atom. The molecule has 3 rings (SSSR count). The number of nitrogens with zero attached hydrogens (tertiary/aromatic N) is 4. The summed E-state index contributed by atoms with van der Waals surface area (Å²) in [4.78, 5) is 25.9. The molecule has 2 aromatic heterocycles. The Morgan fingerprint density at radius 1 is 1.39 bits per heavy atom. The zero-order chi connectivity index (χ0) is 16.4. The molecule has 0 saturated carbocycles. The first-order chi connectivity index (χ1) is 11.1. The first kappa shape index (κ1) is 15.8. The lowest BCUT2D eigenvalue weighted by Crippen LogP contribution is -2.39. The van der Waals surface area contributed by atoms with E-state index in [0.29, 0.717) is 11.4 Å². The van der Waals surface area contributed by atoms with Crippen molar-refractivity contribution in [1.29, 1.82) is 0 Å². The minimum atomic E-state index is -0.272. The Balaban J connectivity index is 1.90. The van der Waals surface area contributed by atoms with Gasteiger partial charge in [0.05, 0.1) is 17.5 Å². The molecule has 1 aliphatic heterocycles. The Hall–Kier alpha value is -2.09. The highest BCUT2D eigenvalue weighted by Crippen LogP contribution is 2.20. The molecular weight excluding hydrogens is 314 g/mol. The summed E-state index contributed by atoms with van der Waals surface area (Å²) in [5.41, 5.74) is 1.03. The lowest BCUT2D eigenvalue weighted by molar-refractivity contribution is 0.0705. The summed E-state index contributed by atoms with van der Waals surface area (Å²) < 4.78 is 1.57. The molecule has 7 nitrogen and oxygen atoms in total. The lowest BCUT2D eigenvalue weighted by Gasteiger charge is -2.26. The third-order valence-corrected chi connectivity index (χ3v) is 5.07. The van der Waals surface area contributed by atoms with Crippen LogP contribution < -0.4 is 5.56 Å². The molecule has 8 heteroatoms. The zero-order valence-corrected chi connectivity index (χ0v) is 14.0. The van der Waals surface area contributed by atoms with E-state index in [1.54, 1.807) is 16.9 Å². The number of hydrogen-bond donors (Lipinski definition) is 1. The van der Waals surface area contributed by atoms with E-state index in [1.165, 1.54) is 6.07 Å². The van der Waals surface area contributed by atoms with Crippen molar-refractivity contribution in [3.05, 3.63) is 39.9 Å². The number of H-pyrrole nitrogens is 1. The highest BCUT2D eigenvalue weighted by atomic mass is 32.2. The fraction of sp³-hybridized carbons (Fsp3) is 0.467. The summed E-state index contributed by atoms with van der Waals surface area (Å²) in [5, 5.41) is 10.6. The van der Waals surface area contributed by atoms with E-state index in [4.69, 9.17) is 0 Å². The summed E-state index contributed by atoms with van der Waals surface area (Å²) >= 11 is 1.89. The largest absolute Gasteiger partial charge is 0.335 e. The van der Waals surface area contributed by atoms with Gasteiger partial charge in [0.25, 0.3) is 11.5 Å². The van der Waals surface area contributed by atoms with Crippen LogP contribution in [0.5, 0.6) is 0 Å². The second-order valence-electron chi connectivity index (χ2n) is 5.58. The smallest absolute Gasteiger partial charge is 0.264 e. The molecule has 1 amide bonds. The highest BCUT2D eigenvalue weighted by molar-refractivity contribution is 7.99. The summed E-state index contributed by atoms with van der Waals surface area (Å²) in [6.45, 7) is 4.68. The summed E-state index contributed by atoms with van der Waals surface area (Å²) in [7, 11) is 0. The number of rotatable bonds is 2. The van der Waals surface area contributed by atoms with Gasteiger partial charge in [-0.1, -0.05) is 0 Å². The van der Waals surface area contributed by atoms with Gasteiger partial charge >= 0.3 is 0 Å². The number of hydrogen-bond acceptors (Lipinski definition) is 5. The molecule has 0 spiro atoms. The van der Waals surface area contributed by atoms with Crippen molar-refractivity contribution in [1.82, 2.24) is 24.9 Å². The van der Waals surface area contributed by atoms with Crippen molar-refractivity contribution in [3.63, 3.8) is 0 Å². The van der Waals surface area contributed by atoms with Gasteiger partial charge in [-0.25, -0.2) is 9.78 Å². The van der Waals surface area contributed by atoms with Gasteiger partial charge in [0.15, 0.2) is 5.82 Å². The van der Waals surface area contributed by atoms with E-state index in [9.17, 15) is 9.59 Å². The quantitative estimate of drug-likeness (QED) is 0.894. The minimum absolute atomic E-state index is 0.00757. The number of nitrogens with one attached hydrogen (secondary N) is 1. The van der Waals surface area contributed by atoms with Gasteiger partial charge < -0.3 is 4.90 Å². The van der Waals surface area contributed by atoms with E-state index < -0.39 is 0 Å². The first-order valence-electron chi connectivity index (χ1n) is 7.57. The molecule has 1 N–H and O–H groups in total. The predicted octanol–water partition coefficient (Wildman–Crippen LogP) is 1.23. The third kappa shape index (κ3) is 3.17. The number of aromatic nitrogens is 4. The maximum absolute atomic E-state index is 12.9. The molecule has 0 bridgehead atoms. The Morgan fingerprint density at radius 2 is 2.22 bits per heavy atom. The van der Waals surface area contributed by atoms with Gasteiger partial charge in [-0.05, 0) is 32.1 Å². The maximum Gasteiger partial charge on any atom is 0.264 e. The van der Waals surface area contributed by atoms with Crippen LogP contribution in [-0.2, 0) is 0 Å². The van der Waals surface area contributed by atoms with Gasteiger partial charge in [-0.15, -0.1) is 0 Å². The van der Waals surface area contributed by atoms with Crippen LogP contribution in [-0.4, -0.2) is 54.9 Å². The molecule has 23 heavy (non-hydrogen) atoms. The SMILES string of the molecule is Cc1c(C(=O)N2CCSCCC2C)cnn1-c1ccc(=O)[nH]n1. The van der Waals surface area contributed by atoms with Crippen LogP contribution >= 0.6 is 11.8 Å². The second kappa shape index (κ2) is 6.57. The van der Waals surface area contributed by atoms with Crippen molar-refractivity contribution < 1.29 is 4.79 Å². The molecule has 1 aliphatic rings. The van der Waals surface area contributed by atoms with Gasteiger partial charge in [-0.3, -0.25) is 9.59 Å². The molecule has 1 atom stereocenters. The number of carbonyl (C=O) groups is 1. The van der Waals surface area contributed by atoms with Crippen LogP contribution in [0.2, 0.25) is 0 Å². The average Bonchev–Trinajstić information content (AvgIpc) is 2.78. The normalized spacial score (nSPS) is 18.7. The van der Waals surface area contributed by atoms with Crippen molar-refractivity contribution in [3.8, 4) is 5.82 Å². The molecule has 1 saturated heterocycles. The number of amides is 1. The van der Waals surface area contributed by atoms with Crippen LogP contribution in [0.25, 0.3) is 5.82 Å². The third-order valence-electron chi connectivity index (χ3n) is 4.07. The molecule has 122 valence electrons. The van der Waals surface area contributed by atoms with Crippen LogP contribution in [0.1, 0.15) is 29.4 Å². The van der Waals surface area contributed by atoms with E-state index in [2.05, 4.69) is 22.2 Å². The van der Waals surface area contributed by atoms with E-state index in [-0.39, 0.29) is 17.5 Å². The zero-order valence-electron chi connectivity index (χ0n) is 13.2. The number of carbonyl (C=O) groups excluding carboxylic acids is 1. The monoisotopic (exact) mass is 333 g/mol. The molecule has 2 aromatic rings. The maximum atomic E-state index is 12.9. The number of aromatic amines is 1. The fourth-order valence-electron chi connectivity index (χ4n) is 2.66. The highest BCUT2D eigenvalue weighted by Gasteiger charge is 2.26. The Bertz CT molecular complexity index is 749. The second-order valence-corrected chi connectivity index (χ2v) is 6.81. The summed E-state index contributed by atoms with van der Waals surface area (Å²) in [5.74, 6) is 2.55. The van der Waals surface area contributed by atoms with Gasteiger partial charge in [0.2, 0.25) is 0 Å².